The predicted octanol–water partition coefficient (Wildman–Crippen LogP) is 0.579. The van der Waals surface area contributed by atoms with Gasteiger partial charge in [0.1, 0.15) is 6.33 Å². The SMILES string of the molecule is CN=C(NCCOC)NCc1nncn1-c1ccccc1. The average molecular weight is 288 g/mol. The Labute approximate surface area is 124 Å². The number of ether oxygens (including phenoxy) is 1. The lowest BCUT2D eigenvalue weighted by Crippen LogP contribution is -2.38. The summed E-state index contributed by atoms with van der Waals surface area (Å²) in [5, 5.41) is 14.5. The quantitative estimate of drug-likeness (QED) is 0.462. The third-order valence-electron chi connectivity index (χ3n) is 2.89. The van der Waals surface area contributed by atoms with Crippen LogP contribution in [0.3, 0.4) is 0 Å². The van der Waals surface area contributed by atoms with Crippen molar-refractivity contribution in [2.24, 2.45) is 4.99 Å². The number of aromatic nitrogens is 3. The van der Waals surface area contributed by atoms with E-state index in [4.69, 9.17) is 4.74 Å². The summed E-state index contributed by atoms with van der Waals surface area (Å²) in [5.74, 6) is 1.52. The zero-order valence-electron chi connectivity index (χ0n) is 12.3. The number of hydrogen-bond acceptors (Lipinski definition) is 4. The molecule has 2 aromatic rings. The van der Waals surface area contributed by atoms with Crippen molar-refractivity contribution in [2.45, 2.75) is 6.54 Å². The molecule has 0 radical (unpaired) electrons. The van der Waals surface area contributed by atoms with E-state index < -0.39 is 0 Å². The lowest BCUT2D eigenvalue weighted by Gasteiger charge is -2.12. The summed E-state index contributed by atoms with van der Waals surface area (Å²) in [7, 11) is 3.39. The molecule has 0 unspecified atom stereocenters. The zero-order valence-corrected chi connectivity index (χ0v) is 12.3. The number of nitrogens with zero attached hydrogens (tertiary/aromatic N) is 4. The number of rotatable bonds is 6. The Morgan fingerprint density at radius 3 is 2.81 bits per heavy atom. The standard InChI is InChI=1S/C14H20N6O/c1-15-14(16-8-9-21-2)17-10-13-19-18-11-20(13)12-6-4-3-5-7-12/h3-7,11H,8-10H2,1-2H3,(H2,15,16,17). The number of nitrogens with one attached hydrogen (secondary N) is 2. The van der Waals surface area contributed by atoms with E-state index in [1.165, 1.54) is 0 Å². The van der Waals surface area contributed by atoms with Crippen LogP contribution in [0.1, 0.15) is 5.82 Å². The minimum absolute atomic E-state index is 0.529. The minimum Gasteiger partial charge on any atom is -0.383 e. The fourth-order valence-electron chi connectivity index (χ4n) is 1.84. The Hall–Kier alpha value is -2.41. The molecular formula is C14H20N6O. The maximum Gasteiger partial charge on any atom is 0.191 e. The summed E-state index contributed by atoms with van der Waals surface area (Å²) in [6.07, 6.45) is 1.70. The third kappa shape index (κ3) is 4.28. The molecule has 0 fully saturated rings. The molecule has 112 valence electrons. The van der Waals surface area contributed by atoms with Crippen molar-refractivity contribution in [1.29, 1.82) is 0 Å². The normalized spacial score (nSPS) is 11.4. The van der Waals surface area contributed by atoms with Crippen LogP contribution >= 0.6 is 0 Å². The van der Waals surface area contributed by atoms with Crippen molar-refractivity contribution in [3.63, 3.8) is 0 Å². The van der Waals surface area contributed by atoms with Gasteiger partial charge in [-0.2, -0.15) is 0 Å². The fourth-order valence-corrected chi connectivity index (χ4v) is 1.84. The van der Waals surface area contributed by atoms with Crippen LogP contribution in [0.25, 0.3) is 5.69 Å². The number of para-hydroxylation sites is 1. The smallest absolute Gasteiger partial charge is 0.191 e. The number of aliphatic imine (C=N–C) groups is 1. The van der Waals surface area contributed by atoms with Crippen molar-refractivity contribution >= 4 is 5.96 Å². The molecule has 0 saturated carbocycles. The van der Waals surface area contributed by atoms with E-state index in [2.05, 4.69) is 25.8 Å². The second-order valence-corrected chi connectivity index (χ2v) is 4.30. The molecule has 2 rings (SSSR count). The van der Waals surface area contributed by atoms with Gasteiger partial charge in [-0.25, -0.2) is 0 Å². The van der Waals surface area contributed by atoms with E-state index >= 15 is 0 Å². The molecule has 1 heterocycles. The largest absolute Gasteiger partial charge is 0.383 e. The highest BCUT2D eigenvalue weighted by molar-refractivity contribution is 5.79. The Morgan fingerprint density at radius 1 is 1.29 bits per heavy atom. The van der Waals surface area contributed by atoms with Crippen LogP contribution in [0.2, 0.25) is 0 Å². The van der Waals surface area contributed by atoms with Gasteiger partial charge in [-0.05, 0) is 12.1 Å². The van der Waals surface area contributed by atoms with Crippen molar-refractivity contribution in [3.05, 3.63) is 42.5 Å². The maximum atomic E-state index is 4.99. The molecule has 2 N–H and O–H groups in total. The van der Waals surface area contributed by atoms with Crippen molar-refractivity contribution in [1.82, 2.24) is 25.4 Å². The topological polar surface area (TPSA) is 76.4 Å². The molecular weight excluding hydrogens is 268 g/mol. The first-order chi connectivity index (χ1) is 10.3. The summed E-state index contributed by atoms with van der Waals surface area (Å²) in [4.78, 5) is 4.14. The summed E-state index contributed by atoms with van der Waals surface area (Å²) in [6, 6.07) is 9.97. The van der Waals surface area contributed by atoms with E-state index in [0.29, 0.717) is 25.7 Å². The Morgan fingerprint density at radius 2 is 2.10 bits per heavy atom. The first kappa shape index (κ1) is 15.0. The van der Waals surface area contributed by atoms with Gasteiger partial charge in [0.05, 0.1) is 13.2 Å². The zero-order chi connectivity index (χ0) is 14.9. The van der Waals surface area contributed by atoms with Crippen LogP contribution < -0.4 is 10.6 Å². The van der Waals surface area contributed by atoms with Gasteiger partial charge in [0.2, 0.25) is 0 Å². The highest BCUT2D eigenvalue weighted by Crippen LogP contribution is 2.08. The molecule has 0 aliphatic carbocycles. The maximum absolute atomic E-state index is 4.99. The van der Waals surface area contributed by atoms with Crippen LogP contribution in [-0.4, -0.2) is 48.0 Å². The van der Waals surface area contributed by atoms with Gasteiger partial charge in [-0.3, -0.25) is 9.56 Å². The average Bonchev–Trinajstić information content (AvgIpc) is 3.00. The van der Waals surface area contributed by atoms with E-state index in [-0.39, 0.29) is 0 Å². The third-order valence-corrected chi connectivity index (χ3v) is 2.89. The molecule has 0 bridgehead atoms. The van der Waals surface area contributed by atoms with E-state index in [1.54, 1.807) is 20.5 Å². The summed E-state index contributed by atoms with van der Waals surface area (Å²) < 4.78 is 6.93. The summed E-state index contributed by atoms with van der Waals surface area (Å²) >= 11 is 0. The lowest BCUT2D eigenvalue weighted by atomic mass is 10.3. The van der Waals surface area contributed by atoms with Crippen LogP contribution in [0, 0.1) is 0 Å². The molecule has 7 nitrogen and oxygen atoms in total. The number of methoxy groups -OCH3 is 1. The Balaban J connectivity index is 1.96. The molecule has 0 amide bonds. The lowest BCUT2D eigenvalue weighted by molar-refractivity contribution is 0.203. The number of hydrogen-bond donors (Lipinski definition) is 2. The van der Waals surface area contributed by atoms with Gasteiger partial charge in [-0.1, -0.05) is 18.2 Å². The second kappa shape index (κ2) is 8.01. The van der Waals surface area contributed by atoms with Crippen molar-refractivity contribution < 1.29 is 4.74 Å². The van der Waals surface area contributed by atoms with Crippen LogP contribution in [0.4, 0.5) is 0 Å². The van der Waals surface area contributed by atoms with Gasteiger partial charge in [0.25, 0.3) is 0 Å². The molecule has 0 spiro atoms. The van der Waals surface area contributed by atoms with Gasteiger partial charge < -0.3 is 15.4 Å². The second-order valence-electron chi connectivity index (χ2n) is 4.30. The highest BCUT2D eigenvalue weighted by atomic mass is 16.5. The van der Waals surface area contributed by atoms with E-state index in [9.17, 15) is 0 Å². The highest BCUT2D eigenvalue weighted by Gasteiger charge is 2.06. The molecule has 0 saturated heterocycles. The number of guanidine groups is 1. The molecule has 1 aromatic heterocycles. The monoisotopic (exact) mass is 288 g/mol. The molecule has 21 heavy (non-hydrogen) atoms. The summed E-state index contributed by atoms with van der Waals surface area (Å²) in [5.41, 5.74) is 1.03. The van der Waals surface area contributed by atoms with Gasteiger partial charge >= 0.3 is 0 Å². The van der Waals surface area contributed by atoms with Crippen LogP contribution in [-0.2, 0) is 11.3 Å². The number of benzene rings is 1. The Bertz CT molecular complexity index is 566. The molecule has 0 aliphatic heterocycles. The molecule has 0 atom stereocenters. The molecule has 0 aliphatic rings. The van der Waals surface area contributed by atoms with E-state index in [1.807, 2.05) is 34.9 Å². The van der Waals surface area contributed by atoms with Gasteiger partial charge in [-0.15, -0.1) is 10.2 Å². The van der Waals surface area contributed by atoms with E-state index in [0.717, 1.165) is 11.5 Å². The van der Waals surface area contributed by atoms with Crippen molar-refractivity contribution in [2.75, 3.05) is 27.3 Å². The fraction of sp³-hybridized carbons (Fsp3) is 0.357. The first-order valence-corrected chi connectivity index (χ1v) is 6.73. The van der Waals surface area contributed by atoms with Gasteiger partial charge in [0.15, 0.2) is 11.8 Å². The van der Waals surface area contributed by atoms with Gasteiger partial charge in [0, 0.05) is 26.4 Å². The van der Waals surface area contributed by atoms with Crippen LogP contribution in [0.15, 0.2) is 41.7 Å². The van der Waals surface area contributed by atoms with Crippen molar-refractivity contribution in [3.8, 4) is 5.69 Å². The minimum atomic E-state index is 0.529. The molecule has 1 aromatic carbocycles. The molecule has 7 heteroatoms. The first-order valence-electron chi connectivity index (χ1n) is 6.73. The summed E-state index contributed by atoms with van der Waals surface area (Å²) in [6.45, 7) is 1.85. The predicted molar refractivity (Wildman–Crippen MR) is 81.4 cm³/mol. The Kier molecular flexibility index (Phi) is 5.71. The van der Waals surface area contributed by atoms with Crippen LogP contribution in [0.5, 0.6) is 0 Å².